The fourth-order valence-electron chi connectivity index (χ4n) is 1.26. The third-order valence-corrected chi connectivity index (χ3v) is 4.60. The van der Waals surface area contributed by atoms with Crippen molar-refractivity contribution < 1.29 is 4.39 Å². The van der Waals surface area contributed by atoms with Crippen molar-refractivity contribution in [2.24, 2.45) is 0 Å². The Morgan fingerprint density at radius 1 is 1.38 bits per heavy atom. The molecule has 0 atom stereocenters. The van der Waals surface area contributed by atoms with E-state index in [1.165, 1.54) is 17.0 Å². The minimum Gasteiger partial charge on any atom is -0.379 e. The van der Waals surface area contributed by atoms with E-state index in [1.807, 2.05) is 5.38 Å². The van der Waals surface area contributed by atoms with Gasteiger partial charge in [-0.3, -0.25) is 0 Å². The van der Waals surface area contributed by atoms with E-state index in [-0.39, 0.29) is 5.82 Å². The molecule has 2 rings (SSSR count). The Labute approximate surface area is 119 Å². The molecule has 0 radical (unpaired) electrons. The van der Waals surface area contributed by atoms with Gasteiger partial charge in [-0.25, -0.2) is 4.39 Å². The smallest absolute Gasteiger partial charge is 0.124 e. The average molecular weight is 412 g/mol. The topological polar surface area (TPSA) is 12.0 Å². The van der Waals surface area contributed by atoms with E-state index in [4.69, 9.17) is 0 Å². The summed E-state index contributed by atoms with van der Waals surface area (Å²) in [7, 11) is 0. The van der Waals surface area contributed by atoms with Crippen molar-refractivity contribution in [3.63, 3.8) is 0 Å². The summed E-state index contributed by atoms with van der Waals surface area (Å²) < 4.78 is 14.9. The number of nitrogens with one attached hydrogen (secondary N) is 1. The lowest BCUT2D eigenvalue weighted by atomic mass is 10.3. The fourth-order valence-corrected chi connectivity index (χ4v) is 3.32. The Morgan fingerprint density at radius 2 is 2.19 bits per heavy atom. The number of anilines is 1. The molecule has 0 saturated heterocycles. The molecule has 16 heavy (non-hydrogen) atoms. The lowest BCUT2D eigenvalue weighted by Gasteiger charge is -2.07. The number of hydrogen-bond donors (Lipinski definition) is 1. The molecule has 0 aliphatic carbocycles. The number of benzene rings is 1. The first-order valence-electron chi connectivity index (χ1n) is 4.57. The summed E-state index contributed by atoms with van der Waals surface area (Å²) >= 11 is 7.23. The minimum atomic E-state index is -0.200. The zero-order valence-corrected chi connectivity index (χ0v) is 12.7. The molecule has 0 saturated carbocycles. The van der Waals surface area contributed by atoms with Gasteiger partial charge >= 0.3 is 0 Å². The van der Waals surface area contributed by atoms with Crippen LogP contribution in [0.3, 0.4) is 0 Å². The third kappa shape index (κ3) is 3.18. The van der Waals surface area contributed by atoms with Gasteiger partial charge in [0.2, 0.25) is 0 Å². The summed E-state index contributed by atoms with van der Waals surface area (Å²) in [6.45, 7) is 0.762. The van der Waals surface area contributed by atoms with Gasteiger partial charge in [-0.05, 0) is 62.8 Å². The number of thiophene rings is 1. The van der Waals surface area contributed by atoms with Crippen molar-refractivity contribution in [1.82, 2.24) is 0 Å². The molecule has 0 unspecified atom stereocenters. The highest BCUT2D eigenvalue weighted by Crippen LogP contribution is 2.23. The van der Waals surface area contributed by atoms with Gasteiger partial charge in [-0.2, -0.15) is 0 Å². The molecule has 2 aromatic rings. The lowest BCUT2D eigenvalue weighted by molar-refractivity contribution is 0.627. The summed E-state index contributed by atoms with van der Waals surface area (Å²) in [5, 5.41) is 5.33. The molecule has 1 N–H and O–H groups in total. The molecule has 84 valence electrons. The van der Waals surface area contributed by atoms with E-state index in [9.17, 15) is 4.39 Å². The van der Waals surface area contributed by atoms with Gasteiger partial charge in [0, 0.05) is 30.5 Å². The zero-order chi connectivity index (χ0) is 11.5. The molecular weight excluding hydrogens is 404 g/mol. The standard InChI is InChI=1S/C11H8BrFINS/c12-7-3-9(16-6-7)5-15-11-2-1-8(13)4-10(11)14/h1-4,6,15H,5H2. The van der Waals surface area contributed by atoms with E-state index in [2.05, 4.69) is 49.9 Å². The highest BCUT2D eigenvalue weighted by atomic mass is 127. The molecule has 1 aromatic heterocycles. The lowest BCUT2D eigenvalue weighted by Crippen LogP contribution is -1.99. The second-order valence-corrected chi connectivity index (χ2v) is 6.28. The zero-order valence-electron chi connectivity index (χ0n) is 8.14. The molecule has 1 heterocycles. The van der Waals surface area contributed by atoms with E-state index >= 15 is 0 Å². The normalized spacial score (nSPS) is 10.4. The van der Waals surface area contributed by atoms with Crippen molar-refractivity contribution >= 4 is 55.5 Å². The molecular formula is C11H8BrFINS. The number of rotatable bonds is 3. The van der Waals surface area contributed by atoms with Gasteiger partial charge in [0.15, 0.2) is 0 Å². The monoisotopic (exact) mass is 411 g/mol. The molecule has 0 amide bonds. The van der Waals surface area contributed by atoms with Crippen LogP contribution in [0.2, 0.25) is 0 Å². The van der Waals surface area contributed by atoms with Crippen LogP contribution in [0.15, 0.2) is 34.1 Å². The molecule has 1 nitrogen and oxygen atoms in total. The summed E-state index contributed by atoms with van der Waals surface area (Å²) in [5.74, 6) is -0.200. The van der Waals surface area contributed by atoms with E-state index in [0.717, 1.165) is 20.3 Å². The van der Waals surface area contributed by atoms with Gasteiger partial charge in [0.25, 0.3) is 0 Å². The fraction of sp³-hybridized carbons (Fsp3) is 0.0909. The van der Waals surface area contributed by atoms with Crippen molar-refractivity contribution in [2.45, 2.75) is 6.54 Å². The van der Waals surface area contributed by atoms with Crippen molar-refractivity contribution in [2.75, 3.05) is 5.32 Å². The van der Waals surface area contributed by atoms with Crippen LogP contribution in [0.5, 0.6) is 0 Å². The predicted molar refractivity (Wildman–Crippen MR) is 78.5 cm³/mol. The van der Waals surface area contributed by atoms with Crippen LogP contribution in [0.25, 0.3) is 0 Å². The summed E-state index contributed by atoms with van der Waals surface area (Å²) in [5.41, 5.74) is 0.964. The minimum absolute atomic E-state index is 0.200. The van der Waals surface area contributed by atoms with Crippen molar-refractivity contribution in [1.29, 1.82) is 0 Å². The van der Waals surface area contributed by atoms with Crippen LogP contribution >= 0.6 is 49.9 Å². The number of hydrogen-bond acceptors (Lipinski definition) is 2. The van der Waals surface area contributed by atoms with E-state index in [0.29, 0.717) is 0 Å². The van der Waals surface area contributed by atoms with Crippen molar-refractivity contribution in [3.05, 3.63) is 48.4 Å². The summed E-state index contributed by atoms with van der Waals surface area (Å²) in [4.78, 5) is 1.24. The van der Waals surface area contributed by atoms with Crippen LogP contribution in [-0.2, 0) is 6.54 Å². The molecule has 0 spiro atoms. The van der Waals surface area contributed by atoms with Gasteiger partial charge in [0.05, 0.1) is 0 Å². The highest BCUT2D eigenvalue weighted by molar-refractivity contribution is 14.1. The van der Waals surface area contributed by atoms with Gasteiger partial charge in [0.1, 0.15) is 5.82 Å². The van der Waals surface area contributed by atoms with Crippen LogP contribution in [0.4, 0.5) is 10.1 Å². The third-order valence-electron chi connectivity index (χ3n) is 2.01. The summed E-state index contributed by atoms with van der Waals surface area (Å²) in [6, 6.07) is 6.83. The Hall–Kier alpha value is -0.140. The molecule has 0 aliphatic heterocycles. The maximum absolute atomic E-state index is 12.9. The quantitative estimate of drug-likeness (QED) is 0.710. The Bertz CT molecular complexity index is 500. The largest absolute Gasteiger partial charge is 0.379 e. The van der Waals surface area contributed by atoms with E-state index in [1.54, 1.807) is 17.4 Å². The highest BCUT2D eigenvalue weighted by Gasteiger charge is 2.02. The van der Waals surface area contributed by atoms with Crippen LogP contribution in [-0.4, -0.2) is 0 Å². The maximum Gasteiger partial charge on any atom is 0.124 e. The Balaban J connectivity index is 2.04. The van der Waals surface area contributed by atoms with Gasteiger partial charge in [-0.15, -0.1) is 11.3 Å². The average Bonchev–Trinajstić information content (AvgIpc) is 2.63. The SMILES string of the molecule is Fc1ccc(NCc2cc(Br)cs2)c(I)c1. The van der Waals surface area contributed by atoms with Gasteiger partial charge < -0.3 is 5.32 Å². The molecule has 0 bridgehead atoms. The molecule has 0 aliphatic rings. The van der Waals surface area contributed by atoms with E-state index < -0.39 is 0 Å². The maximum atomic E-state index is 12.9. The molecule has 5 heteroatoms. The molecule has 0 fully saturated rings. The van der Waals surface area contributed by atoms with Crippen molar-refractivity contribution in [3.8, 4) is 0 Å². The Morgan fingerprint density at radius 3 is 2.81 bits per heavy atom. The first-order valence-corrected chi connectivity index (χ1v) is 7.32. The first kappa shape index (κ1) is 12.3. The number of halogens is 3. The Kier molecular flexibility index (Phi) is 4.21. The van der Waals surface area contributed by atoms with Crippen LogP contribution in [0, 0.1) is 9.39 Å². The van der Waals surface area contributed by atoms with Crippen LogP contribution in [0.1, 0.15) is 4.88 Å². The second-order valence-electron chi connectivity index (χ2n) is 3.21. The van der Waals surface area contributed by atoms with Crippen LogP contribution < -0.4 is 5.32 Å². The predicted octanol–water partition coefficient (Wildman–Crippen LogP) is 4.87. The second kappa shape index (κ2) is 5.46. The summed E-state index contributed by atoms with van der Waals surface area (Å²) in [6.07, 6.45) is 0. The van der Waals surface area contributed by atoms with Gasteiger partial charge in [-0.1, -0.05) is 0 Å². The first-order chi connectivity index (χ1) is 7.65. The molecule has 1 aromatic carbocycles.